The Balaban J connectivity index is 0.00000264. The highest BCUT2D eigenvalue weighted by atomic mass is 35.5. The number of carbonyl (C=O) groups excluding carboxylic acids is 1. The number of likely N-dealkylation sites (tertiary alicyclic amines) is 1. The molecule has 1 aromatic carbocycles. The van der Waals surface area contributed by atoms with Gasteiger partial charge in [0.25, 0.3) is 5.91 Å². The number of piperidine rings is 1. The molecule has 1 aromatic rings. The molecule has 0 bridgehead atoms. The van der Waals surface area contributed by atoms with Crippen molar-refractivity contribution < 1.29 is 9.53 Å². The van der Waals surface area contributed by atoms with Crippen molar-refractivity contribution in [1.29, 1.82) is 0 Å². The van der Waals surface area contributed by atoms with E-state index in [1.165, 1.54) is 0 Å². The van der Waals surface area contributed by atoms with Crippen molar-refractivity contribution in [2.75, 3.05) is 32.8 Å². The van der Waals surface area contributed by atoms with E-state index in [1.54, 1.807) is 18.2 Å². The van der Waals surface area contributed by atoms with E-state index in [1.807, 2.05) is 4.90 Å². The molecule has 4 nitrogen and oxygen atoms in total. The number of amides is 1. The van der Waals surface area contributed by atoms with Gasteiger partial charge in [-0.25, -0.2) is 0 Å². The van der Waals surface area contributed by atoms with Crippen molar-refractivity contribution in [3.8, 4) is 5.75 Å². The predicted octanol–water partition coefficient (Wildman–Crippen LogP) is 3.64. The number of halogens is 3. The minimum absolute atomic E-state index is 0. The molecule has 1 amide bonds. The fraction of sp³-hybridized carbons (Fsp3) is 0.562. The number of hydrogen-bond donors (Lipinski definition) is 1. The fourth-order valence-electron chi connectivity index (χ4n) is 2.56. The van der Waals surface area contributed by atoms with Gasteiger partial charge in [-0.05, 0) is 50.0 Å². The second-order valence-electron chi connectivity index (χ2n) is 5.50. The lowest BCUT2D eigenvalue weighted by Gasteiger charge is -2.32. The minimum atomic E-state index is 0. The number of nitrogens with one attached hydrogen (secondary N) is 1. The van der Waals surface area contributed by atoms with Crippen molar-refractivity contribution in [2.24, 2.45) is 5.92 Å². The molecule has 0 aromatic heterocycles. The normalized spacial score (nSPS) is 15.2. The lowest BCUT2D eigenvalue weighted by molar-refractivity contribution is -0.134. The van der Waals surface area contributed by atoms with Gasteiger partial charge in [0.05, 0.1) is 5.02 Å². The number of ether oxygens (including phenoxy) is 1. The Labute approximate surface area is 153 Å². The largest absolute Gasteiger partial charge is 0.482 e. The summed E-state index contributed by atoms with van der Waals surface area (Å²) in [4.78, 5) is 14.1. The third-order valence-corrected chi connectivity index (χ3v) is 4.43. The summed E-state index contributed by atoms with van der Waals surface area (Å²) in [6, 6.07) is 4.98. The van der Waals surface area contributed by atoms with Crippen LogP contribution in [0.5, 0.6) is 5.75 Å². The van der Waals surface area contributed by atoms with Gasteiger partial charge in [0.1, 0.15) is 5.75 Å². The lowest BCUT2D eigenvalue weighted by Crippen LogP contribution is -2.42. The first kappa shape index (κ1) is 20.4. The van der Waals surface area contributed by atoms with Crippen LogP contribution in [0, 0.1) is 5.92 Å². The van der Waals surface area contributed by atoms with Crippen LogP contribution in [0.3, 0.4) is 0 Å². The molecule has 1 aliphatic heterocycles. The van der Waals surface area contributed by atoms with Gasteiger partial charge in [-0.15, -0.1) is 12.4 Å². The van der Waals surface area contributed by atoms with Crippen molar-refractivity contribution in [3.63, 3.8) is 0 Å². The van der Waals surface area contributed by atoms with Crippen LogP contribution in [0.4, 0.5) is 0 Å². The topological polar surface area (TPSA) is 41.6 Å². The van der Waals surface area contributed by atoms with Crippen LogP contribution in [0.15, 0.2) is 18.2 Å². The second-order valence-corrected chi connectivity index (χ2v) is 6.34. The van der Waals surface area contributed by atoms with Crippen LogP contribution in [-0.2, 0) is 4.79 Å². The number of carbonyl (C=O) groups is 1. The molecule has 23 heavy (non-hydrogen) atoms. The van der Waals surface area contributed by atoms with Crippen molar-refractivity contribution >= 4 is 41.5 Å². The van der Waals surface area contributed by atoms with Gasteiger partial charge in [0.2, 0.25) is 0 Å². The minimum Gasteiger partial charge on any atom is -0.482 e. The van der Waals surface area contributed by atoms with Gasteiger partial charge in [-0.3, -0.25) is 4.79 Å². The molecule has 0 unspecified atom stereocenters. The Kier molecular flexibility index (Phi) is 9.07. The zero-order valence-electron chi connectivity index (χ0n) is 13.2. The van der Waals surface area contributed by atoms with Crippen molar-refractivity contribution in [2.45, 2.75) is 19.8 Å². The zero-order chi connectivity index (χ0) is 15.9. The van der Waals surface area contributed by atoms with E-state index in [9.17, 15) is 4.79 Å². The van der Waals surface area contributed by atoms with Crippen LogP contribution in [0.1, 0.15) is 19.8 Å². The van der Waals surface area contributed by atoms with E-state index >= 15 is 0 Å². The molecule has 130 valence electrons. The maximum atomic E-state index is 12.2. The Hall–Kier alpha value is -0.680. The number of nitrogens with zero attached hydrogens (tertiary/aromatic N) is 1. The van der Waals surface area contributed by atoms with Gasteiger partial charge in [0, 0.05) is 18.1 Å². The molecular formula is C16H23Cl3N2O2. The number of hydrogen-bond acceptors (Lipinski definition) is 3. The molecule has 0 atom stereocenters. The summed E-state index contributed by atoms with van der Waals surface area (Å²) in [6.45, 7) is 5.75. The molecular weight excluding hydrogens is 359 g/mol. The highest BCUT2D eigenvalue weighted by Gasteiger charge is 2.22. The first-order valence-electron chi connectivity index (χ1n) is 7.66. The SMILES string of the molecule is CCNCC1CCN(C(=O)COc2ccc(Cl)cc2Cl)CC1.Cl. The van der Waals surface area contributed by atoms with Crippen LogP contribution >= 0.6 is 35.6 Å². The molecule has 1 aliphatic rings. The Morgan fingerprint density at radius 2 is 2.04 bits per heavy atom. The molecule has 0 aliphatic carbocycles. The predicted molar refractivity (Wildman–Crippen MR) is 97.1 cm³/mol. The van der Waals surface area contributed by atoms with Gasteiger partial charge in [-0.2, -0.15) is 0 Å². The van der Waals surface area contributed by atoms with Crippen LogP contribution in [0.2, 0.25) is 10.0 Å². The van der Waals surface area contributed by atoms with Crippen LogP contribution in [-0.4, -0.2) is 43.6 Å². The molecule has 1 fully saturated rings. The molecule has 1 N–H and O–H groups in total. The Morgan fingerprint density at radius 3 is 2.65 bits per heavy atom. The van der Waals surface area contributed by atoms with E-state index in [-0.39, 0.29) is 24.9 Å². The molecule has 2 rings (SSSR count). The monoisotopic (exact) mass is 380 g/mol. The third-order valence-electron chi connectivity index (χ3n) is 3.90. The number of benzene rings is 1. The quantitative estimate of drug-likeness (QED) is 0.818. The van der Waals surface area contributed by atoms with Gasteiger partial charge in [-0.1, -0.05) is 30.1 Å². The van der Waals surface area contributed by atoms with Crippen molar-refractivity contribution in [3.05, 3.63) is 28.2 Å². The molecule has 0 saturated carbocycles. The summed E-state index contributed by atoms with van der Waals surface area (Å²) in [5.74, 6) is 1.16. The molecule has 0 radical (unpaired) electrons. The highest BCUT2D eigenvalue weighted by Crippen LogP contribution is 2.27. The molecule has 0 spiro atoms. The summed E-state index contributed by atoms with van der Waals surface area (Å²) in [5, 5.41) is 4.33. The summed E-state index contributed by atoms with van der Waals surface area (Å²) in [5.41, 5.74) is 0. The Morgan fingerprint density at radius 1 is 1.35 bits per heavy atom. The fourth-order valence-corrected chi connectivity index (χ4v) is 3.02. The van der Waals surface area contributed by atoms with E-state index in [0.717, 1.165) is 39.0 Å². The van der Waals surface area contributed by atoms with E-state index < -0.39 is 0 Å². The lowest BCUT2D eigenvalue weighted by atomic mass is 9.97. The molecule has 1 heterocycles. The van der Waals surface area contributed by atoms with E-state index in [0.29, 0.717) is 21.7 Å². The maximum Gasteiger partial charge on any atom is 0.260 e. The van der Waals surface area contributed by atoms with Gasteiger partial charge >= 0.3 is 0 Å². The molecule has 1 saturated heterocycles. The summed E-state index contributed by atoms with van der Waals surface area (Å²) < 4.78 is 5.50. The van der Waals surface area contributed by atoms with Crippen molar-refractivity contribution in [1.82, 2.24) is 10.2 Å². The van der Waals surface area contributed by atoms with E-state index in [4.69, 9.17) is 27.9 Å². The van der Waals surface area contributed by atoms with Crippen LogP contribution in [0.25, 0.3) is 0 Å². The van der Waals surface area contributed by atoms with Crippen LogP contribution < -0.4 is 10.1 Å². The highest BCUT2D eigenvalue weighted by molar-refractivity contribution is 6.35. The van der Waals surface area contributed by atoms with E-state index in [2.05, 4.69) is 12.2 Å². The average Bonchev–Trinajstić information content (AvgIpc) is 2.52. The summed E-state index contributed by atoms with van der Waals surface area (Å²) in [7, 11) is 0. The molecule has 7 heteroatoms. The maximum absolute atomic E-state index is 12.2. The standard InChI is InChI=1S/C16H22Cl2N2O2.ClH/c1-2-19-10-12-5-7-20(8-6-12)16(21)11-22-15-4-3-13(17)9-14(15)18;/h3-4,9,12,19H,2,5-8,10-11H2,1H3;1H. The van der Waals surface area contributed by atoms with Gasteiger partial charge < -0.3 is 15.0 Å². The zero-order valence-corrected chi connectivity index (χ0v) is 15.5. The average molecular weight is 382 g/mol. The summed E-state index contributed by atoms with van der Waals surface area (Å²) in [6.07, 6.45) is 2.08. The smallest absolute Gasteiger partial charge is 0.260 e. The van der Waals surface area contributed by atoms with Gasteiger partial charge in [0.15, 0.2) is 6.61 Å². The second kappa shape index (κ2) is 10.2. The Bertz CT molecular complexity index is 506. The number of rotatable bonds is 6. The first-order valence-corrected chi connectivity index (χ1v) is 8.42. The summed E-state index contributed by atoms with van der Waals surface area (Å²) >= 11 is 11.9. The first-order chi connectivity index (χ1) is 10.6. The third kappa shape index (κ3) is 6.38.